The van der Waals surface area contributed by atoms with Crippen molar-refractivity contribution >= 4 is 57.8 Å². The van der Waals surface area contributed by atoms with Gasteiger partial charge in [-0.2, -0.15) is 0 Å². The fourth-order valence-electron chi connectivity index (χ4n) is 1.99. The van der Waals surface area contributed by atoms with E-state index in [4.69, 9.17) is 21.7 Å². The van der Waals surface area contributed by atoms with Crippen LogP contribution in [0.25, 0.3) is 6.08 Å². The lowest BCUT2D eigenvalue weighted by Gasteiger charge is -2.17. The van der Waals surface area contributed by atoms with Gasteiger partial charge >= 0.3 is 0 Å². The molecule has 1 aliphatic rings. The molecule has 0 unspecified atom stereocenters. The van der Waals surface area contributed by atoms with Crippen LogP contribution in [-0.2, 0) is 9.59 Å². The number of thiocarbonyl (C=S) groups is 1. The van der Waals surface area contributed by atoms with Gasteiger partial charge in [-0.15, -0.1) is 0 Å². The molecular formula is C16H15IN2O4S. The van der Waals surface area contributed by atoms with E-state index in [1.165, 1.54) is 6.08 Å². The molecule has 0 saturated carbocycles. The van der Waals surface area contributed by atoms with E-state index in [9.17, 15) is 9.59 Å². The van der Waals surface area contributed by atoms with Gasteiger partial charge in [0.2, 0.25) is 0 Å². The molecule has 8 heteroatoms. The zero-order chi connectivity index (χ0) is 17.7. The quantitative estimate of drug-likeness (QED) is 0.225. The summed E-state index contributed by atoms with van der Waals surface area (Å²) in [4.78, 5) is 23.9. The molecule has 1 aromatic carbocycles. The lowest BCUT2D eigenvalue weighted by molar-refractivity contribution is -0.123. The second-order valence-corrected chi connectivity index (χ2v) is 6.23. The molecule has 0 atom stereocenters. The van der Waals surface area contributed by atoms with Crippen molar-refractivity contribution in [3.8, 4) is 11.5 Å². The number of halogens is 1. The SMILES string of the molecule is C=CCOc1c(I)cc(C=C2C(=O)NC(=S)NC2=O)cc1OCC. The summed E-state index contributed by atoms with van der Waals surface area (Å²) >= 11 is 6.88. The highest BCUT2D eigenvalue weighted by molar-refractivity contribution is 14.1. The first-order valence-electron chi connectivity index (χ1n) is 7.04. The zero-order valence-corrected chi connectivity index (χ0v) is 15.8. The number of rotatable bonds is 6. The van der Waals surface area contributed by atoms with E-state index in [-0.39, 0.29) is 10.7 Å². The summed E-state index contributed by atoms with van der Waals surface area (Å²) < 4.78 is 12.0. The molecule has 0 radical (unpaired) electrons. The molecule has 126 valence electrons. The fraction of sp³-hybridized carbons (Fsp3) is 0.188. The van der Waals surface area contributed by atoms with E-state index in [1.807, 2.05) is 6.92 Å². The monoisotopic (exact) mass is 458 g/mol. The molecule has 0 aromatic heterocycles. The van der Waals surface area contributed by atoms with Crippen LogP contribution in [0.1, 0.15) is 12.5 Å². The van der Waals surface area contributed by atoms with Crippen molar-refractivity contribution in [3.05, 3.63) is 39.5 Å². The molecule has 0 bridgehead atoms. The molecule has 24 heavy (non-hydrogen) atoms. The Balaban J connectivity index is 2.42. The first-order valence-corrected chi connectivity index (χ1v) is 8.53. The predicted octanol–water partition coefficient (Wildman–Crippen LogP) is 2.17. The van der Waals surface area contributed by atoms with Crippen molar-refractivity contribution < 1.29 is 19.1 Å². The molecule has 2 rings (SSSR count). The Morgan fingerprint density at radius 2 is 1.92 bits per heavy atom. The Hall–Kier alpha value is -1.94. The highest BCUT2D eigenvalue weighted by Crippen LogP contribution is 2.35. The summed E-state index contributed by atoms with van der Waals surface area (Å²) in [7, 11) is 0. The predicted molar refractivity (Wildman–Crippen MR) is 103 cm³/mol. The first kappa shape index (κ1) is 18.4. The minimum absolute atomic E-state index is 0.0000843. The second kappa shape index (κ2) is 8.25. The number of hydrogen-bond acceptors (Lipinski definition) is 5. The Morgan fingerprint density at radius 1 is 1.25 bits per heavy atom. The molecular weight excluding hydrogens is 443 g/mol. The average Bonchev–Trinajstić information content (AvgIpc) is 2.50. The van der Waals surface area contributed by atoms with E-state index in [1.54, 1.807) is 18.2 Å². The van der Waals surface area contributed by atoms with Crippen LogP contribution in [0.15, 0.2) is 30.4 Å². The third-order valence-corrected chi connectivity index (χ3v) is 3.94. The third kappa shape index (κ3) is 4.32. The van der Waals surface area contributed by atoms with Crippen LogP contribution in [0.5, 0.6) is 11.5 Å². The van der Waals surface area contributed by atoms with Crippen molar-refractivity contribution in [1.29, 1.82) is 0 Å². The minimum Gasteiger partial charge on any atom is -0.490 e. The highest BCUT2D eigenvalue weighted by Gasteiger charge is 2.26. The molecule has 1 saturated heterocycles. The summed E-state index contributed by atoms with van der Waals surface area (Å²) in [5.41, 5.74) is 0.614. The topological polar surface area (TPSA) is 76.7 Å². The van der Waals surface area contributed by atoms with Crippen LogP contribution >= 0.6 is 34.8 Å². The lowest BCUT2D eigenvalue weighted by Crippen LogP contribution is -2.51. The van der Waals surface area contributed by atoms with E-state index in [0.29, 0.717) is 30.3 Å². The molecule has 0 aliphatic carbocycles. The van der Waals surface area contributed by atoms with Gasteiger partial charge in [-0.25, -0.2) is 0 Å². The highest BCUT2D eigenvalue weighted by atomic mass is 127. The molecule has 6 nitrogen and oxygen atoms in total. The first-order chi connectivity index (χ1) is 11.5. The van der Waals surface area contributed by atoms with E-state index in [2.05, 4.69) is 39.8 Å². The van der Waals surface area contributed by atoms with Gasteiger partial charge < -0.3 is 9.47 Å². The Kier molecular flexibility index (Phi) is 6.32. The van der Waals surface area contributed by atoms with Gasteiger partial charge in [0.1, 0.15) is 12.2 Å². The molecule has 1 fully saturated rings. The van der Waals surface area contributed by atoms with E-state index < -0.39 is 11.8 Å². The van der Waals surface area contributed by atoms with Gasteiger partial charge in [-0.3, -0.25) is 20.2 Å². The number of amides is 2. The molecule has 2 N–H and O–H groups in total. The summed E-state index contributed by atoms with van der Waals surface area (Å²) in [5.74, 6) is 0.0517. The summed E-state index contributed by atoms with van der Waals surface area (Å²) in [5, 5.41) is 4.79. The number of benzene rings is 1. The van der Waals surface area contributed by atoms with Crippen LogP contribution < -0.4 is 20.1 Å². The maximum Gasteiger partial charge on any atom is 0.263 e. The summed E-state index contributed by atoms with van der Waals surface area (Å²) in [6, 6.07) is 3.51. The zero-order valence-electron chi connectivity index (χ0n) is 12.8. The smallest absolute Gasteiger partial charge is 0.263 e. The normalized spacial score (nSPS) is 13.9. The van der Waals surface area contributed by atoms with Crippen LogP contribution in [0.3, 0.4) is 0 Å². The van der Waals surface area contributed by atoms with Gasteiger partial charge in [-0.05, 0) is 65.5 Å². The van der Waals surface area contributed by atoms with Crippen molar-refractivity contribution in [2.75, 3.05) is 13.2 Å². The van der Waals surface area contributed by atoms with E-state index >= 15 is 0 Å². The van der Waals surface area contributed by atoms with Crippen LogP contribution in [-0.4, -0.2) is 30.1 Å². The Morgan fingerprint density at radius 3 is 2.50 bits per heavy atom. The van der Waals surface area contributed by atoms with E-state index in [0.717, 1.165) is 3.57 Å². The van der Waals surface area contributed by atoms with Gasteiger partial charge in [0.15, 0.2) is 16.6 Å². The fourth-order valence-corrected chi connectivity index (χ4v) is 2.96. The van der Waals surface area contributed by atoms with Crippen molar-refractivity contribution in [2.24, 2.45) is 0 Å². The molecule has 1 heterocycles. The maximum atomic E-state index is 11.9. The number of hydrogen-bond donors (Lipinski definition) is 2. The second-order valence-electron chi connectivity index (χ2n) is 4.66. The molecule has 1 aromatic rings. The standard InChI is InChI=1S/C16H15IN2O4S/c1-3-5-23-13-11(17)7-9(8-12(13)22-4-2)6-10-14(20)18-16(24)19-15(10)21/h3,6-8H,1,4-5H2,2H3,(H2,18,19,20,21,24). The van der Waals surface area contributed by atoms with Crippen LogP contribution in [0.4, 0.5) is 0 Å². The van der Waals surface area contributed by atoms with Crippen molar-refractivity contribution in [3.63, 3.8) is 0 Å². The maximum absolute atomic E-state index is 11.9. The third-order valence-electron chi connectivity index (χ3n) is 2.93. The summed E-state index contributed by atoms with van der Waals surface area (Å²) in [6.45, 7) is 6.28. The van der Waals surface area contributed by atoms with Gasteiger partial charge in [0, 0.05) is 0 Å². The van der Waals surface area contributed by atoms with Gasteiger partial charge in [0.25, 0.3) is 11.8 Å². The molecule has 2 amide bonds. The number of carbonyl (C=O) groups is 2. The lowest BCUT2D eigenvalue weighted by atomic mass is 10.1. The minimum atomic E-state index is -0.538. The molecule has 0 spiro atoms. The van der Waals surface area contributed by atoms with Crippen molar-refractivity contribution in [1.82, 2.24) is 10.6 Å². The number of nitrogens with one attached hydrogen (secondary N) is 2. The number of ether oxygens (including phenoxy) is 2. The van der Waals surface area contributed by atoms with Gasteiger partial charge in [-0.1, -0.05) is 12.7 Å². The Labute approximate surface area is 158 Å². The van der Waals surface area contributed by atoms with Crippen LogP contribution in [0, 0.1) is 3.57 Å². The molecule has 1 aliphatic heterocycles. The van der Waals surface area contributed by atoms with Crippen LogP contribution in [0.2, 0.25) is 0 Å². The number of carbonyl (C=O) groups excluding carboxylic acids is 2. The van der Waals surface area contributed by atoms with Gasteiger partial charge in [0.05, 0.1) is 10.2 Å². The largest absolute Gasteiger partial charge is 0.490 e. The summed E-state index contributed by atoms with van der Waals surface area (Å²) in [6.07, 6.45) is 3.12. The van der Waals surface area contributed by atoms with Crippen molar-refractivity contribution in [2.45, 2.75) is 6.92 Å². The Bertz CT molecular complexity index is 724. The average molecular weight is 458 g/mol.